The fourth-order valence-corrected chi connectivity index (χ4v) is 5.80. The SMILES string of the molecule is CCOC1CCC(C2CCC(C3CCC(C=O)CC3)CC2)CC1. The van der Waals surface area contributed by atoms with Crippen molar-refractivity contribution in [3.05, 3.63) is 0 Å². The summed E-state index contributed by atoms with van der Waals surface area (Å²) in [5.41, 5.74) is 0. The molecule has 0 bridgehead atoms. The number of rotatable bonds is 5. The summed E-state index contributed by atoms with van der Waals surface area (Å²) in [5.74, 6) is 4.26. The van der Waals surface area contributed by atoms with Crippen molar-refractivity contribution in [2.75, 3.05) is 6.61 Å². The van der Waals surface area contributed by atoms with E-state index in [1.54, 1.807) is 0 Å². The average molecular weight is 321 g/mol. The summed E-state index contributed by atoms with van der Waals surface area (Å²) < 4.78 is 5.81. The Labute approximate surface area is 142 Å². The van der Waals surface area contributed by atoms with Gasteiger partial charge in [0.15, 0.2) is 0 Å². The Balaban J connectivity index is 1.38. The Kier molecular flexibility index (Phi) is 6.56. The van der Waals surface area contributed by atoms with E-state index >= 15 is 0 Å². The van der Waals surface area contributed by atoms with Gasteiger partial charge in [0.05, 0.1) is 6.10 Å². The molecular weight excluding hydrogens is 284 g/mol. The summed E-state index contributed by atoms with van der Waals surface area (Å²) in [6.07, 6.45) is 18.0. The summed E-state index contributed by atoms with van der Waals surface area (Å²) in [5, 5.41) is 0. The van der Waals surface area contributed by atoms with Crippen LogP contribution in [0.4, 0.5) is 0 Å². The van der Waals surface area contributed by atoms with Crippen LogP contribution in [0.2, 0.25) is 0 Å². The van der Waals surface area contributed by atoms with Gasteiger partial charge in [-0.15, -0.1) is 0 Å². The zero-order valence-corrected chi connectivity index (χ0v) is 15.1. The van der Waals surface area contributed by atoms with Crippen molar-refractivity contribution in [2.24, 2.45) is 29.6 Å². The van der Waals surface area contributed by atoms with Crippen molar-refractivity contribution in [3.8, 4) is 0 Å². The number of hydrogen-bond acceptors (Lipinski definition) is 2. The van der Waals surface area contributed by atoms with E-state index in [2.05, 4.69) is 6.92 Å². The molecule has 2 nitrogen and oxygen atoms in total. The molecule has 3 rings (SSSR count). The summed E-state index contributed by atoms with van der Waals surface area (Å²) in [6, 6.07) is 0. The second kappa shape index (κ2) is 8.65. The monoisotopic (exact) mass is 320 g/mol. The maximum absolute atomic E-state index is 10.9. The number of ether oxygens (including phenoxy) is 1. The Bertz CT molecular complexity index is 343. The van der Waals surface area contributed by atoms with E-state index in [1.807, 2.05) is 0 Å². The lowest BCUT2D eigenvalue weighted by Gasteiger charge is -2.41. The van der Waals surface area contributed by atoms with Crippen molar-refractivity contribution >= 4 is 6.29 Å². The highest BCUT2D eigenvalue weighted by Crippen LogP contribution is 2.45. The van der Waals surface area contributed by atoms with Crippen LogP contribution < -0.4 is 0 Å². The number of carbonyl (C=O) groups is 1. The molecule has 3 saturated carbocycles. The van der Waals surface area contributed by atoms with Crippen LogP contribution in [0.15, 0.2) is 0 Å². The van der Waals surface area contributed by atoms with Crippen LogP contribution >= 0.6 is 0 Å². The van der Waals surface area contributed by atoms with E-state index < -0.39 is 0 Å². The predicted octanol–water partition coefficient (Wildman–Crippen LogP) is 5.39. The summed E-state index contributed by atoms with van der Waals surface area (Å²) in [6.45, 7) is 3.00. The second-order valence-electron chi connectivity index (χ2n) is 8.48. The molecule has 0 aromatic heterocycles. The minimum atomic E-state index is 0.378. The first-order chi connectivity index (χ1) is 11.3. The quantitative estimate of drug-likeness (QED) is 0.634. The molecule has 0 heterocycles. The van der Waals surface area contributed by atoms with Crippen LogP contribution in [0, 0.1) is 29.6 Å². The average Bonchev–Trinajstić information content (AvgIpc) is 2.63. The fourth-order valence-electron chi connectivity index (χ4n) is 5.80. The number of hydrogen-bond donors (Lipinski definition) is 0. The molecule has 0 N–H and O–H groups in total. The smallest absolute Gasteiger partial charge is 0.123 e. The maximum Gasteiger partial charge on any atom is 0.123 e. The van der Waals surface area contributed by atoms with Crippen molar-refractivity contribution in [2.45, 2.75) is 90.1 Å². The molecule has 2 heteroatoms. The maximum atomic E-state index is 10.9. The molecule has 3 fully saturated rings. The predicted molar refractivity (Wildman–Crippen MR) is 94.3 cm³/mol. The van der Waals surface area contributed by atoms with E-state index in [0.29, 0.717) is 12.0 Å². The Hall–Kier alpha value is -0.370. The lowest BCUT2D eigenvalue weighted by molar-refractivity contribution is -0.112. The van der Waals surface area contributed by atoms with Crippen molar-refractivity contribution in [1.29, 1.82) is 0 Å². The molecule has 0 aliphatic heterocycles. The van der Waals surface area contributed by atoms with Gasteiger partial charge in [0.2, 0.25) is 0 Å². The van der Waals surface area contributed by atoms with Gasteiger partial charge in [0.1, 0.15) is 6.29 Å². The van der Waals surface area contributed by atoms with E-state index in [1.165, 1.54) is 70.5 Å². The third kappa shape index (κ3) is 4.59. The topological polar surface area (TPSA) is 26.3 Å². The first-order valence-electron chi connectivity index (χ1n) is 10.4. The summed E-state index contributed by atoms with van der Waals surface area (Å²) >= 11 is 0. The first-order valence-corrected chi connectivity index (χ1v) is 10.4. The van der Waals surface area contributed by atoms with Gasteiger partial charge >= 0.3 is 0 Å². The zero-order valence-electron chi connectivity index (χ0n) is 15.1. The molecule has 0 radical (unpaired) electrons. The molecule has 0 unspecified atom stereocenters. The van der Waals surface area contributed by atoms with Crippen molar-refractivity contribution in [1.82, 2.24) is 0 Å². The summed E-state index contributed by atoms with van der Waals surface area (Å²) in [7, 11) is 0. The molecule has 3 aliphatic carbocycles. The first kappa shape index (κ1) is 17.5. The molecule has 23 heavy (non-hydrogen) atoms. The van der Waals surface area contributed by atoms with Gasteiger partial charge in [-0.1, -0.05) is 0 Å². The largest absolute Gasteiger partial charge is 0.379 e. The van der Waals surface area contributed by atoms with Gasteiger partial charge < -0.3 is 9.53 Å². The third-order valence-electron chi connectivity index (χ3n) is 7.28. The van der Waals surface area contributed by atoms with Crippen molar-refractivity contribution in [3.63, 3.8) is 0 Å². The van der Waals surface area contributed by atoms with Crippen LogP contribution in [0.25, 0.3) is 0 Å². The van der Waals surface area contributed by atoms with Gasteiger partial charge in [0, 0.05) is 12.5 Å². The highest BCUT2D eigenvalue weighted by atomic mass is 16.5. The standard InChI is InChI=1S/C21H36O2/c1-2-23-21-13-11-20(12-14-21)19-9-7-18(8-10-19)17-5-3-16(15-22)4-6-17/h15-21H,2-14H2,1H3. The molecule has 0 aromatic rings. The number of carbonyl (C=O) groups excluding carboxylic acids is 1. The van der Waals surface area contributed by atoms with Gasteiger partial charge in [-0.2, -0.15) is 0 Å². The normalized spacial score (nSPS) is 42.3. The summed E-state index contributed by atoms with van der Waals surface area (Å²) in [4.78, 5) is 10.9. The fraction of sp³-hybridized carbons (Fsp3) is 0.952. The highest BCUT2D eigenvalue weighted by molar-refractivity contribution is 5.53. The molecule has 0 atom stereocenters. The molecular formula is C21H36O2. The molecule has 132 valence electrons. The second-order valence-corrected chi connectivity index (χ2v) is 8.48. The Morgan fingerprint density at radius 3 is 1.48 bits per heavy atom. The van der Waals surface area contributed by atoms with Gasteiger partial charge in [-0.25, -0.2) is 0 Å². The van der Waals surface area contributed by atoms with Crippen LogP contribution in [0.3, 0.4) is 0 Å². The van der Waals surface area contributed by atoms with Crippen LogP contribution in [0.5, 0.6) is 0 Å². The van der Waals surface area contributed by atoms with Crippen LogP contribution in [0.1, 0.15) is 84.0 Å². The minimum Gasteiger partial charge on any atom is -0.379 e. The zero-order chi connectivity index (χ0) is 16.1. The molecule has 0 aromatic carbocycles. The van der Waals surface area contributed by atoms with Crippen LogP contribution in [-0.2, 0) is 9.53 Å². The lowest BCUT2D eigenvalue weighted by atomic mass is 9.65. The Morgan fingerprint density at radius 1 is 0.696 bits per heavy atom. The van der Waals surface area contributed by atoms with Crippen LogP contribution in [-0.4, -0.2) is 19.0 Å². The van der Waals surface area contributed by atoms with Crippen molar-refractivity contribution < 1.29 is 9.53 Å². The van der Waals surface area contributed by atoms with E-state index in [9.17, 15) is 4.79 Å². The van der Waals surface area contributed by atoms with Gasteiger partial charge in [-0.05, 0) is 108 Å². The van der Waals surface area contributed by atoms with E-state index in [-0.39, 0.29) is 0 Å². The highest BCUT2D eigenvalue weighted by Gasteiger charge is 2.34. The molecule has 0 amide bonds. The minimum absolute atomic E-state index is 0.378. The number of aldehydes is 1. The molecule has 0 spiro atoms. The third-order valence-corrected chi connectivity index (χ3v) is 7.28. The molecule has 3 aliphatic rings. The van der Waals surface area contributed by atoms with E-state index in [0.717, 1.165) is 43.1 Å². The lowest BCUT2D eigenvalue weighted by Crippen LogP contribution is -2.31. The van der Waals surface area contributed by atoms with Gasteiger partial charge in [0.25, 0.3) is 0 Å². The van der Waals surface area contributed by atoms with E-state index in [4.69, 9.17) is 4.74 Å². The molecule has 0 saturated heterocycles. The van der Waals surface area contributed by atoms with Gasteiger partial charge in [-0.3, -0.25) is 0 Å². The Morgan fingerprint density at radius 2 is 1.09 bits per heavy atom.